The summed E-state index contributed by atoms with van der Waals surface area (Å²) in [7, 11) is 1.72. The van der Waals surface area contributed by atoms with Crippen LogP contribution in [0.15, 0.2) is 18.2 Å². The Hall–Kier alpha value is -0.970. The highest BCUT2D eigenvalue weighted by atomic mass is 35.5. The summed E-state index contributed by atoms with van der Waals surface area (Å²) in [5.41, 5.74) is 1.20. The van der Waals surface area contributed by atoms with Crippen LogP contribution in [0.3, 0.4) is 0 Å². The summed E-state index contributed by atoms with van der Waals surface area (Å²) in [5, 5.41) is 3.38. The predicted molar refractivity (Wildman–Crippen MR) is 84.2 cm³/mol. The second-order valence-electron chi connectivity index (χ2n) is 4.17. The molecule has 0 fully saturated rings. The van der Waals surface area contributed by atoms with Crippen LogP contribution in [0.5, 0.6) is 11.5 Å². The molecule has 0 heterocycles. The lowest BCUT2D eigenvalue weighted by Gasteiger charge is -2.12. The van der Waals surface area contributed by atoms with Crippen LogP contribution in [0, 0.1) is 0 Å². The van der Waals surface area contributed by atoms with E-state index in [0.717, 1.165) is 37.6 Å². The van der Waals surface area contributed by atoms with Crippen LogP contribution >= 0.6 is 12.4 Å². The minimum atomic E-state index is 0. The lowest BCUT2D eigenvalue weighted by atomic mass is 10.2. The fourth-order valence-electron chi connectivity index (χ4n) is 1.78. The molecule has 0 bridgehead atoms. The van der Waals surface area contributed by atoms with E-state index in [1.54, 1.807) is 7.11 Å². The van der Waals surface area contributed by atoms with Crippen molar-refractivity contribution in [1.29, 1.82) is 0 Å². The molecule has 1 N–H and O–H groups in total. The molecule has 1 aromatic carbocycles. The number of methoxy groups -OCH3 is 1. The van der Waals surface area contributed by atoms with Gasteiger partial charge in [-0.05, 0) is 44.5 Å². The number of nitrogens with one attached hydrogen (secondary N) is 1. The zero-order chi connectivity index (χ0) is 13.9. The van der Waals surface area contributed by atoms with Crippen molar-refractivity contribution in [3.8, 4) is 11.5 Å². The van der Waals surface area contributed by atoms with Gasteiger partial charge in [-0.25, -0.2) is 0 Å². The standard InChI is InChI=1S/C15H25NO3.ClH/c1-4-18-14-8-7-13(11-15(14)19-5-2)12-16-9-6-10-17-3;/h7-8,11,16H,4-6,9-10,12H2,1-3H3;1H. The SMILES string of the molecule is CCOc1ccc(CNCCCOC)cc1OCC.Cl. The van der Waals surface area contributed by atoms with Crippen molar-refractivity contribution in [1.82, 2.24) is 5.32 Å². The number of hydrogen-bond acceptors (Lipinski definition) is 4. The summed E-state index contributed by atoms with van der Waals surface area (Å²) in [6.45, 7) is 7.81. The summed E-state index contributed by atoms with van der Waals surface area (Å²) >= 11 is 0. The third-order valence-electron chi connectivity index (χ3n) is 2.64. The lowest BCUT2D eigenvalue weighted by Crippen LogP contribution is -2.16. The van der Waals surface area contributed by atoms with E-state index in [2.05, 4.69) is 11.4 Å². The highest BCUT2D eigenvalue weighted by Gasteiger charge is 2.05. The maximum Gasteiger partial charge on any atom is 0.161 e. The van der Waals surface area contributed by atoms with Gasteiger partial charge in [0.05, 0.1) is 13.2 Å². The molecule has 0 spiro atoms. The van der Waals surface area contributed by atoms with Gasteiger partial charge in [0.1, 0.15) is 0 Å². The third-order valence-corrected chi connectivity index (χ3v) is 2.64. The molecule has 116 valence electrons. The molecule has 0 unspecified atom stereocenters. The Morgan fingerprint density at radius 1 is 1.05 bits per heavy atom. The van der Waals surface area contributed by atoms with Crippen molar-refractivity contribution in [2.45, 2.75) is 26.8 Å². The van der Waals surface area contributed by atoms with Crippen LogP contribution in [0.25, 0.3) is 0 Å². The molecule has 0 aromatic heterocycles. The van der Waals surface area contributed by atoms with Crippen molar-refractivity contribution in [3.05, 3.63) is 23.8 Å². The molecule has 1 aromatic rings. The first kappa shape index (κ1) is 19.0. The molecule has 1 rings (SSSR count). The molecule has 0 aliphatic rings. The van der Waals surface area contributed by atoms with Gasteiger partial charge in [0.15, 0.2) is 11.5 Å². The Balaban J connectivity index is 0.00000361. The monoisotopic (exact) mass is 303 g/mol. The molecule has 0 saturated carbocycles. The van der Waals surface area contributed by atoms with E-state index in [4.69, 9.17) is 14.2 Å². The van der Waals surface area contributed by atoms with E-state index in [9.17, 15) is 0 Å². The van der Waals surface area contributed by atoms with Gasteiger partial charge in [0.2, 0.25) is 0 Å². The largest absolute Gasteiger partial charge is 0.490 e. The molecule has 20 heavy (non-hydrogen) atoms. The van der Waals surface area contributed by atoms with Crippen molar-refractivity contribution in [3.63, 3.8) is 0 Å². The Labute approximate surface area is 128 Å². The van der Waals surface area contributed by atoms with Gasteiger partial charge >= 0.3 is 0 Å². The van der Waals surface area contributed by atoms with E-state index < -0.39 is 0 Å². The van der Waals surface area contributed by atoms with Crippen LogP contribution in [0.1, 0.15) is 25.8 Å². The van der Waals surface area contributed by atoms with Gasteiger partial charge in [-0.15, -0.1) is 12.4 Å². The molecule has 0 atom stereocenters. The number of ether oxygens (including phenoxy) is 3. The molecular weight excluding hydrogens is 278 g/mol. The van der Waals surface area contributed by atoms with Gasteiger partial charge in [-0.1, -0.05) is 6.07 Å². The summed E-state index contributed by atoms with van der Waals surface area (Å²) in [6, 6.07) is 6.08. The van der Waals surface area contributed by atoms with Crippen molar-refractivity contribution in [2.24, 2.45) is 0 Å². The van der Waals surface area contributed by atoms with Crippen LogP contribution in [0.2, 0.25) is 0 Å². The van der Waals surface area contributed by atoms with Gasteiger partial charge in [0, 0.05) is 20.3 Å². The number of benzene rings is 1. The Bertz CT molecular complexity index is 361. The molecular formula is C15H26ClNO3. The average Bonchev–Trinajstić information content (AvgIpc) is 2.42. The van der Waals surface area contributed by atoms with Crippen LogP contribution in [-0.4, -0.2) is 33.5 Å². The molecule has 4 nitrogen and oxygen atoms in total. The van der Waals surface area contributed by atoms with Crippen LogP contribution in [0.4, 0.5) is 0 Å². The van der Waals surface area contributed by atoms with E-state index in [1.807, 2.05) is 26.0 Å². The fraction of sp³-hybridized carbons (Fsp3) is 0.600. The highest BCUT2D eigenvalue weighted by Crippen LogP contribution is 2.28. The summed E-state index contributed by atoms with van der Waals surface area (Å²) in [5.74, 6) is 1.63. The van der Waals surface area contributed by atoms with Crippen LogP contribution < -0.4 is 14.8 Å². The van der Waals surface area contributed by atoms with E-state index in [-0.39, 0.29) is 12.4 Å². The average molecular weight is 304 g/mol. The number of hydrogen-bond donors (Lipinski definition) is 1. The van der Waals surface area contributed by atoms with Gasteiger partial charge in [-0.2, -0.15) is 0 Å². The minimum Gasteiger partial charge on any atom is -0.490 e. The highest BCUT2D eigenvalue weighted by molar-refractivity contribution is 5.85. The smallest absolute Gasteiger partial charge is 0.161 e. The maximum atomic E-state index is 5.60. The lowest BCUT2D eigenvalue weighted by molar-refractivity contribution is 0.194. The molecule has 0 aliphatic heterocycles. The minimum absolute atomic E-state index is 0. The second-order valence-corrected chi connectivity index (χ2v) is 4.17. The Kier molecular flexibility index (Phi) is 11.3. The topological polar surface area (TPSA) is 39.7 Å². The summed E-state index contributed by atoms with van der Waals surface area (Å²) in [6.07, 6.45) is 1.02. The van der Waals surface area contributed by atoms with Gasteiger partial charge < -0.3 is 19.5 Å². The zero-order valence-electron chi connectivity index (χ0n) is 12.6. The number of rotatable bonds is 10. The quantitative estimate of drug-likeness (QED) is 0.675. The number of halogens is 1. The van der Waals surface area contributed by atoms with E-state index in [0.29, 0.717) is 13.2 Å². The van der Waals surface area contributed by atoms with Crippen molar-refractivity contribution in [2.75, 3.05) is 33.5 Å². The van der Waals surface area contributed by atoms with Crippen molar-refractivity contribution < 1.29 is 14.2 Å². The second kappa shape index (κ2) is 11.8. The van der Waals surface area contributed by atoms with Gasteiger partial charge in [-0.3, -0.25) is 0 Å². The maximum absolute atomic E-state index is 5.60. The first-order chi connectivity index (χ1) is 9.31. The third kappa shape index (κ3) is 6.98. The Morgan fingerprint density at radius 3 is 2.40 bits per heavy atom. The van der Waals surface area contributed by atoms with E-state index in [1.165, 1.54) is 5.56 Å². The summed E-state index contributed by atoms with van der Waals surface area (Å²) < 4.78 is 16.2. The zero-order valence-corrected chi connectivity index (χ0v) is 13.4. The molecule has 0 saturated heterocycles. The fourth-order valence-corrected chi connectivity index (χ4v) is 1.78. The normalized spacial score (nSPS) is 9.95. The molecule has 0 amide bonds. The van der Waals surface area contributed by atoms with E-state index >= 15 is 0 Å². The Morgan fingerprint density at radius 2 is 1.75 bits per heavy atom. The molecule has 0 aliphatic carbocycles. The molecule has 5 heteroatoms. The predicted octanol–water partition coefficient (Wildman–Crippen LogP) is 3.03. The van der Waals surface area contributed by atoms with Crippen LogP contribution in [-0.2, 0) is 11.3 Å². The summed E-state index contributed by atoms with van der Waals surface area (Å²) in [4.78, 5) is 0. The van der Waals surface area contributed by atoms with Crippen molar-refractivity contribution >= 4 is 12.4 Å². The first-order valence-electron chi connectivity index (χ1n) is 6.90. The molecule has 0 radical (unpaired) electrons. The van der Waals surface area contributed by atoms with Gasteiger partial charge in [0.25, 0.3) is 0 Å². The first-order valence-corrected chi connectivity index (χ1v) is 6.90.